The molecule has 0 aliphatic heterocycles. The average Bonchev–Trinajstić information content (AvgIpc) is 2.53. The average molecular weight is 180 g/mol. The van der Waals surface area contributed by atoms with Gasteiger partial charge in [0.15, 0.2) is 5.58 Å². The van der Waals surface area contributed by atoms with Crippen molar-refractivity contribution in [1.82, 2.24) is 10.1 Å². The Labute approximate surface area is 70.8 Å². The van der Waals surface area contributed by atoms with Crippen molar-refractivity contribution in [2.24, 2.45) is 0 Å². The molecule has 66 valence electrons. The van der Waals surface area contributed by atoms with Crippen molar-refractivity contribution < 1.29 is 14.4 Å². The molecular formula is C7H4N2O4. The van der Waals surface area contributed by atoms with Crippen LogP contribution in [0.5, 0.6) is 0 Å². The highest BCUT2D eigenvalue weighted by atomic mass is 16.5. The number of hydrogen-bond donors (Lipinski definition) is 2. The lowest BCUT2D eigenvalue weighted by atomic mass is 10.2. The molecule has 0 saturated carbocycles. The Morgan fingerprint density at radius 2 is 2.38 bits per heavy atom. The van der Waals surface area contributed by atoms with Crippen molar-refractivity contribution in [3.8, 4) is 0 Å². The van der Waals surface area contributed by atoms with E-state index in [4.69, 9.17) is 5.11 Å². The molecule has 0 aliphatic carbocycles. The number of carbonyl (C=O) groups is 1. The number of fused-ring (bicyclic) bond motifs is 1. The molecule has 13 heavy (non-hydrogen) atoms. The Kier molecular flexibility index (Phi) is 1.42. The van der Waals surface area contributed by atoms with Crippen molar-refractivity contribution >= 4 is 16.9 Å². The molecule has 2 rings (SSSR count). The maximum Gasteiger partial charge on any atom is 0.341 e. The summed E-state index contributed by atoms with van der Waals surface area (Å²) in [6, 6.07) is 0. The second-order valence-electron chi connectivity index (χ2n) is 2.41. The number of aromatic amines is 1. The SMILES string of the molecule is O=C(O)c1c[nH]c(=O)c2cnoc12. The second-order valence-corrected chi connectivity index (χ2v) is 2.41. The summed E-state index contributed by atoms with van der Waals surface area (Å²) in [6.07, 6.45) is 2.26. The summed E-state index contributed by atoms with van der Waals surface area (Å²) in [6.45, 7) is 0. The number of hydrogen-bond acceptors (Lipinski definition) is 4. The molecule has 2 N–H and O–H groups in total. The van der Waals surface area contributed by atoms with E-state index in [0.29, 0.717) is 0 Å². The van der Waals surface area contributed by atoms with Crippen LogP contribution in [0.2, 0.25) is 0 Å². The highest BCUT2D eigenvalue weighted by Gasteiger charge is 2.14. The summed E-state index contributed by atoms with van der Waals surface area (Å²) >= 11 is 0. The molecule has 0 spiro atoms. The van der Waals surface area contributed by atoms with Gasteiger partial charge in [-0.15, -0.1) is 0 Å². The Balaban J connectivity index is 2.94. The van der Waals surface area contributed by atoms with Crippen LogP contribution in [0.4, 0.5) is 0 Å². The molecule has 0 aromatic carbocycles. The van der Waals surface area contributed by atoms with Crippen LogP contribution in [0.1, 0.15) is 10.4 Å². The van der Waals surface area contributed by atoms with Crippen molar-refractivity contribution in [3.63, 3.8) is 0 Å². The number of rotatable bonds is 1. The molecule has 6 nitrogen and oxygen atoms in total. The zero-order valence-electron chi connectivity index (χ0n) is 6.27. The van der Waals surface area contributed by atoms with E-state index in [1.54, 1.807) is 0 Å². The van der Waals surface area contributed by atoms with Crippen molar-refractivity contribution in [3.05, 3.63) is 28.3 Å². The first-order chi connectivity index (χ1) is 6.20. The van der Waals surface area contributed by atoms with Gasteiger partial charge in [0.2, 0.25) is 0 Å². The third kappa shape index (κ3) is 0.994. The highest BCUT2D eigenvalue weighted by molar-refractivity contribution is 5.99. The van der Waals surface area contributed by atoms with Gasteiger partial charge in [0.1, 0.15) is 10.9 Å². The van der Waals surface area contributed by atoms with Crippen LogP contribution >= 0.6 is 0 Å². The molecule has 0 saturated heterocycles. The fourth-order valence-electron chi connectivity index (χ4n) is 1.04. The van der Waals surface area contributed by atoms with Crippen molar-refractivity contribution in [1.29, 1.82) is 0 Å². The smallest absolute Gasteiger partial charge is 0.341 e. The first kappa shape index (κ1) is 7.53. The Morgan fingerprint density at radius 1 is 1.62 bits per heavy atom. The van der Waals surface area contributed by atoms with Gasteiger partial charge in [-0.2, -0.15) is 0 Å². The van der Waals surface area contributed by atoms with Gasteiger partial charge in [0, 0.05) is 6.20 Å². The first-order valence-electron chi connectivity index (χ1n) is 3.39. The van der Waals surface area contributed by atoms with Crippen LogP contribution < -0.4 is 5.56 Å². The monoisotopic (exact) mass is 180 g/mol. The van der Waals surface area contributed by atoms with E-state index < -0.39 is 11.5 Å². The number of carboxylic acid groups (broad SMARTS) is 1. The van der Waals surface area contributed by atoms with Gasteiger partial charge in [-0.05, 0) is 0 Å². The van der Waals surface area contributed by atoms with Crippen LogP contribution in [0, 0.1) is 0 Å². The number of pyridine rings is 1. The third-order valence-electron chi connectivity index (χ3n) is 1.64. The lowest BCUT2D eigenvalue weighted by Gasteiger charge is -1.92. The standard InChI is InChI=1S/C7H4N2O4/c10-6-3-2-9-13-5(3)4(1-8-6)7(11)12/h1-2H,(H,8,10)(H,11,12). The summed E-state index contributed by atoms with van der Waals surface area (Å²) in [5, 5.41) is 12.2. The van der Waals surface area contributed by atoms with E-state index in [9.17, 15) is 9.59 Å². The van der Waals surface area contributed by atoms with E-state index in [0.717, 1.165) is 6.20 Å². The van der Waals surface area contributed by atoms with Gasteiger partial charge >= 0.3 is 5.97 Å². The predicted molar refractivity (Wildman–Crippen MR) is 41.6 cm³/mol. The zero-order valence-corrected chi connectivity index (χ0v) is 6.27. The molecule has 0 atom stereocenters. The number of aromatic carboxylic acids is 1. The summed E-state index contributed by atoms with van der Waals surface area (Å²) in [7, 11) is 0. The van der Waals surface area contributed by atoms with Gasteiger partial charge in [0.25, 0.3) is 5.56 Å². The second kappa shape index (κ2) is 2.44. The number of nitrogens with zero attached hydrogens (tertiary/aromatic N) is 1. The minimum absolute atomic E-state index is 0.00347. The molecule has 0 fully saturated rings. The van der Waals surface area contributed by atoms with Gasteiger partial charge < -0.3 is 14.6 Å². The summed E-state index contributed by atoms with van der Waals surface area (Å²) in [5.74, 6) is -1.17. The van der Waals surface area contributed by atoms with Gasteiger partial charge in [0.05, 0.1) is 6.20 Å². The Hall–Kier alpha value is -2.11. The van der Waals surface area contributed by atoms with Crippen LogP contribution in [0.3, 0.4) is 0 Å². The molecule has 0 bridgehead atoms. The molecule has 6 heteroatoms. The van der Waals surface area contributed by atoms with E-state index in [1.165, 1.54) is 6.20 Å². The molecule has 0 amide bonds. The lowest BCUT2D eigenvalue weighted by molar-refractivity contribution is 0.0697. The zero-order chi connectivity index (χ0) is 9.42. The minimum atomic E-state index is -1.17. The maximum absolute atomic E-state index is 11.1. The van der Waals surface area contributed by atoms with Crippen LogP contribution in [0.15, 0.2) is 21.7 Å². The Bertz CT molecular complexity index is 525. The predicted octanol–water partition coefficient (Wildman–Crippen LogP) is 0.214. The fourth-order valence-corrected chi connectivity index (χ4v) is 1.04. The molecule has 2 heterocycles. The van der Waals surface area contributed by atoms with Crippen LogP contribution in [-0.4, -0.2) is 21.2 Å². The largest absolute Gasteiger partial charge is 0.477 e. The summed E-state index contributed by atoms with van der Waals surface area (Å²) < 4.78 is 4.64. The Morgan fingerprint density at radius 3 is 3.08 bits per heavy atom. The molecule has 2 aromatic rings. The molecule has 0 unspecified atom stereocenters. The van der Waals surface area contributed by atoms with Crippen molar-refractivity contribution in [2.75, 3.05) is 0 Å². The van der Waals surface area contributed by atoms with E-state index in [-0.39, 0.29) is 16.5 Å². The number of H-pyrrole nitrogens is 1. The molecule has 0 aliphatic rings. The number of carboxylic acids is 1. The van der Waals surface area contributed by atoms with Crippen LogP contribution in [0.25, 0.3) is 11.0 Å². The molecular weight excluding hydrogens is 176 g/mol. The first-order valence-corrected chi connectivity index (χ1v) is 3.39. The van der Waals surface area contributed by atoms with E-state index in [1.807, 2.05) is 0 Å². The van der Waals surface area contributed by atoms with Gasteiger partial charge in [-0.3, -0.25) is 4.79 Å². The molecule has 0 radical (unpaired) electrons. The quantitative estimate of drug-likeness (QED) is 0.654. The van der Waals surface area contributed by atoms with E-state index in [2.05, 4.69) is 14.7 Å². The number of aromatic nitrogens is 2. The third-order valence-corrected chi connectivity index (χ3v) is 1.64. The maximum atomic E-state index is 11.1. The van der Waals surface area contributed by atoms with Gasteiger partial charge in [-0.1, -0.05) is 5.16 Å². The highest BCUT2D eigenvalue weighted by Crippen LogP contribution is 2.12. The normalized spacial score (nSPS) is 10.5. The molecule has 2 aromatic heterocycles. The van der Waals surface area contributed by atoms with Crippen LogP contribution in [-0.2, 0) is 0 Å². The summed E-state index contributed by atoms with van der Waals surface area (Å²) in [4.78, 5) is 24.0. The summed E-state index contributed by atoms with van der Waals surface area (Å²) in [5.41, 5.74) is -0.524. The van der Waals surface area contributed by atoms with Crippen molar-refractivity contribution in [2.45, 2.75) is 0 Å². The minimum Gasteiger partial charge on any atom is -0.477 e. The fraction of sp³-hybridized carbons (Fsp3) is 0. The van der Waals surface area contributed by atoms with E-state index >= 15 is 0 Å². The lowest BCUT2D eigenvalue weighted by Crippen LogP contribution is -2.08. The topological polar surface area (TPSA) is 96.2 Å². The number of nitrogens with one attached hydrogen (secondary N) is 1. The van der Waals surface area contributed by atoms with Gasteiger partial charge in [-0.25, -0.2) is 4.79 Å².